The van der Waals surface area contributed by atoms with Crippen LogP contribution in [-0.2, 0) is 0 Å². The minimum atomic E-state index is 0. The highest BCUT2D eigenvalue weighted by Crippen LogP contribution is 2.14. The van der Waals surface area contributed by atoms with Gasteiger partial charge in [0.1, 0.15) is 0 Å². The lowest BCUT2D eigenvalue weighted by Gasteiger charge is -1.99. The Bertz CT molecular complexity index is 98.7. The summed E-state index contributed by atoms with van der Waals surface area (Å²) >= 11 is 0. The SMILES string of the molecule is CC1=CCC[C@@H]1N.Cl. The van der Waals surface area contributed by atoms with Crippen LogP contribution in [0.1, 0.15) is 19.8 Å². The van der Waals surface area contributed by atoms with Gasteiger partial charge in [0.05, 0.1) is 0 Å². The number of rotatable bonds is 0. The summed E-state index contributed by atoms with van der Waals surface area (Å²) in [5, 5.41) is 0. The molecular weight excluding hydrogens is 122 g/mol. The number of hydrogen-bond donors (Lipinski definition) is 1. The van der Waals surface area contributed by atoms with E-state index in [1.165, 1.54) is 12.0 Å². The third kappa shape index (κ3) is 1.49. The second-order valence-electron chi connectivity index (χ2n) is 2.13. The molecule has 0 radical (unpaired) electrons. The summed E-state index contributed by atoms with van der Waals surface area (Å²) in [4.78, 5) is 0. The highest BCUT2D eigenvalue weighted by Gasteiger charge is 2.08. The highest BCUT2D eigenvalue weighted by atomic mass is 35.5. The maximum atomic E-state index is 5.61. The van der Waals surface area contributed by atoms with Gasteiger partial charge in [-0.3, -0.25) is 0 Å². The molecule has 0 heterocycles. The summed E-state index contributed by atoms with van der Waals surface area (Å²) in [6.07, 6.45) is 4.56. The van der Waals surface area contributed by atoms with Crippen LogP contribution >= 0.6 is 12.4 Å². The molecule has 0 aromatic carbocycles. The third-order valence-electron chi connectivity index (χ3n) is 1.53. The second kappa shape index (κ2) is 3.10. The molecule has 48 valence electrons. The monoisotopic (exact) mass is 133 g/mol. The van der Waals surface area contributed by atoms with E-state index >= 15 is 0 Å². The quantitative estimate of drug-likeness (QED) is 0.498. The van der Waals surface area contributed by atoms with Crippen molar-refractivity contribution in [3.05, 3.63) is 11.6 Å². The summed E-state index contributed by atoms with van der Waals surface area (Å²) in [7, 11) is 0. The van der Waals surface area contributed by atoms with E-state index in [9.17, 15) is 0 Å². The van der Waals surface area contributed by atoms with E-state index in [4.69, 9.17) is 5.73 Å². The second-order valence-corrected chi connectivity index (χ2v) is 2.13. The largest absolute Gasteiger partial charge is 0.324 e. The molecule has 1 aliphatic carbocycles. The Balaban J connectivity index is 0.000000490. The van der Waals surface area contributed by atoms with Gasteiger partial charge in [0.25, 0.3) is 0 Å². The van der Waals surface area contributed by atoms with Gasteiger partial charge in [-0.05, 0) is 19.8 Å². The zero-order chi connectivity index (χ0) is 5.28. The smallest absolute Gasteiger partial charge is 0.0253 e. The van der Waals surface area contributed by atoms with Crippen molar-refractivity contribution >= 4 is 12.4 Å². The first-order valence-corrected chi connectivity index (χ1v) is 2.73. The van der Waals surface area contributed by atoms with E-state index in [-0.39, 0.29) is 12.4 Å². The van der Waals surface area contributed by atoms with Crippen molar-refractivity contribution in [1.29, 1.82) is 0 Å². The summed E-state index contributed by atoms with van der Waals surface area (Å²) in [6, 6.07) is 0.375. The number of allylic oxidation sites excluding steroid dienone is 1. The number of halogens is 1. The van der Waals surface area contributed by atoms with Crippen LogP contribution in [0.4, 0.5) is 0 Å². The van der Waals surface area contributed by atoms with Crippen LogP contribution in [0.3, 0.4) is 0 Å². The molecule has 0 saturated heterocycles. The molecule has 0 aromatic rings. The first kappa shape index (κ1) is 7.99. The molecule has 0 aromatic heterocycles. The van der Waals surface area contributed by atoms with Crippen LogP contribution in [-0.4, -0.2) is 6.04 Å². The molecule has 0 fully saturated rings. The average molecular weight is 134 g/mol. The minimum Gasteiger partial charge on any atom is -0.324 e. The van der Waals surface area contributed by atoms with Crippen LogP contribution in [0.5, 0.6) is 0 Å². The van der Waals surface area contributed by atoms with Gasteiger partial charge in [0, 0.05) is 6.04 Å². The zero-order valence-corrected chi connectivity index (χ0v) is 5.87. The summed E-state index contributed by atoms with van der Waals surface area (Å²) < 4.78 is 0. The predicted octanol–water partition coefficient (Wildman–Crippen LogP) is 1.48. The first-order valence-electron chi connectivity index (χ1n) is 2.73. The fourth-order valence-corrected chi connectivity index (χ4v) is 0.870. The van der Waals surface area contributed by atoms with Crippen LogP contribution in [0.25, 0.3) is 0 Å². The van der Waals surface area contributed by atoms with Crippen molar-refractivity contribution < 1.29 is 0 Å². The Hall–Kier alpha value is -0.0100. The van der Waals surface area contributed by atoms with Gasteiger partial charge in [0.15, 0.2) is 0 Å². The molecule has 8 heavy (non-hydrogen) atoms. The normalized spacial score (nSPS) is 26.8. The maximum Gasteiger partial charge on any atom is 0.0253 e. The van der Waals surface area contributed by atoms with Gasteiger partial charge >= 0.3 is 0 Å². The molecule has 0 saturated carbocycles. The van der Waals surface area contributed by atoms with Gasteiger partial charge in [-0.1, -0.05) is 11.6 Å². The van der Waals surface area contributed by atoms with Crippen molar-refractivity contribution in [2.45, 2.75) is 25.8 Å². The van der Waals surface area contributed by atoms with E-state index in [0.717, 1.165) is 6.42 Å². The fourth-order valence-electron chi connectivity index (χ4n) is 0.870. The molecule has 1 aliphatic rings. The Morgan fingerprint density at radius 2 is 2.38 bits per heavy atom. The highest BCUT2D eigenvalue weighted by molar-refractivity contribution is 5.85. The van der Waals surface area contributed by atoms with E-state index in [1.54, 1.807) is 0 Å². The van der Waals surface area contributed by atoms with Gasteiger partial charge < -0.3 is 5.73 Å². The Kier molecular flexibility index (Phi) is 3.10. The van der Waals surface area contributed by atoms with Crippen LogP contribution in [0.15, 0.2) is 11.6 Å². The molecule has 0 spiro atoms. The third-order valence-corrected chi connectivity index (χ3v) is 1.53. The van der Waals surface area contributed by atoms with Crippen LogP contribution in [0.2, 0.25) is 0 Å². The number of hydrogen-bond acceptors (Lipinski definition) is 1. The predicted molar refractivity (Wildman–Crippen MR) is 38.2 cm³/mol. The van der Waals surface area contributed by atoms with Gasteiger partial charge in [0.2, 0.25) is 0 Å². The summed E-state index contributed by atoms with van der Waals surface area (Å²) in [6.45, 7) is 2.09. The molecule has 1 nitrogen and oxygen atoms in total. The molecule has 2 N–H and O–H groups in total. The molecule has 0 bridgehead atoms. The Morgan fingerprint density at radius 1 is 1.75 bits per heavy atom. The van der Waals surface area contributed by atoms with Crippen molar-refractivity contribution in [3.63, 3.8) is 0 Å². The zero-order valence-electron chi connectivity index (χ0n) is 5.05. The molecule has 0 unspecified atom stereocenters. The van der Waals surface area contributed by atoms with Crippen LogP contribution < -0.4 is 5.73 Å². The molecule has 1 rings (SSSR count). The van der Waals surface area contributed by atoms with E-state index in [0.29, 0.717) is 6.04 Å². The Labute approximate surface area is 56.4 Å². The summed E-state index contributed by atoms with van der Waals surface area (Å²) in [5.41, 5.74) is 6.97. The molecule has 1 atom stereocenters. The van der Waals surface area contributed by atoms with Crippen LogP contribution in [0, 0.1) is 0 Å². The van der Waals surface area contributed by atoms with E-state index in [2.05, 4.69) is 13.0 Å². The van der Waals surface area contributed by atoms with Gasteiger partial charge in [-0.25, -0.2) is 0 Å². The molecule has 2 heteroatoms. The lowest BCUT2D eigenvalue weighted by Crippen LogP contribution is -2.16. The number of nitrogens with two attached hydrogens (primary N) is 1. The lowest BCUT2D eigenvalue weighted by atomic mass is 10.2. The summed E-state index contributed by atoms with van der Waals surface area (Å²) in [5.74, 6) is 0. The van der Waals surface area contributed by atoms with E-state index < -0.39 is 0 Å². The standard InChI is InChI=1S/C6H11N.ClH/c1-5-3-2-4-6(5)7;/h3,6H,2,4,7H2,1H3;1H/t6-;/m0./s1. The van der Waals surface area contributed by atoms with Gasteiger partial charge in [-0.2, -0.15) is 0 Å². The van der Waals surface area contributed by atoms with Crippen molar-refractivity contribution in [1.82, 2.24) is 0 Å². The minimum absolute atomic E-state index is 0. The molecular formula is C6H12ClN. The topological polar surface area (TPSA) is 26.0 Å². The Morgan fingerprint density at radius 3 is 2.50 bits per heavy atom. The van der Waals surface area contributed by atoms with Crippen molar-refractivity contribution in [2.24, 2.45) is 5.73 Å². The van der Waals surface area contributed by atoms with Crippen molar-refractivity contribution in [3.8, 4) is 0 Å². The lowest BCUT2D eigenvalue weighted by molar-refractivity contribution is 0.752. The van der Waals surface area contributed by atoms with Crippen molar-refractivity contribution in [2.75, 3.05) is 0 Å². The maximum absolute atomic E-state index is 5.61. The first-order chi connectivity index (χ1) is 3.30. The molecule has 0 aliphatic heterocycles. The fraction of sp³-hybridized carbons (Fsp3) is 0.667. The van der Waals surface area contributed by atoms with E-state index in [1.807, 2.05) is 0 Å². The van der Waals surface area contributed by atoms with Gasteiger partial charge in [-0.15, -0.1) is 12.4 Å². The average Bonchev–Trinajstić information content (AvgIpc) is 1.91. The molecule has 0 amide bonds.